The quantitative estimate of drug-likeness (QED) is 0.532. The third kappa shape index (κ3) is 4.63. The van der Waals surface area contributed by atoms with Gasteiger partial charge in [-0.25, -0.2) is 0 Å². The molecular formula is C21H22NO3. The molecule has 0 N–H and O–H groups in total. The highest BCUT2D eigenvalue weighted by Gasteiger charge is 2.03. The van der Waals surface area contributed by atoms with Crippen LogP contribution in [0.5, 0.6) is 17.2 Å². The fourth-order valence-corrected chi connectivity index (χ4v) is 2.62. The van der Waals surface area contributed by atoms with E-state index in [2.05, 4.69) is 11.1 Å². The first-order chi connectivity index (χ1) is 12.4. The van der Waals surface area contributed by atoms with Crippen molar-refractivity contribution in [1.82, 2.24) is 4.98 Å². The molecule has 25 heavy (non-hydrogen) atoms. The monoisotopic (exact) mass is 336 g/mol. The lowest BCUT2D eigenvalue weighted by molar-refractivity contribution is 0.270. The molecule has 1 aromatic heterocycles. The molecule has 2 aromatic carbocycles. The summed E-state index contributed by atoms with van der Waals surface area (Å²) >= 11 is 0. The van der Waals surface area contributed by atoms with Crippen LogP contribution in [-0.2, 0) is 0 Å². The number of unbranched alkanes of at least 4 members (excludes halogenated alkanes) is 2. The normalized spacial score (nSPS) is 10.6. The van der Waals surface area contributed by atoms with E-state index < -0.39 is 0 Å². The topological polar surface area (TPSA) is 40.6 Å². The smallest absolute Gasteiger partial charge is 0.161 e. The maximum Gasteiger partial charge on any atom is 0.161 e. The minimum absolute atomic E-state index is 0.663. The summed E-state index contributed by atoms with van der Waals surface area (Å²) in [6, 6.07) is 18.4. The second kappa shape index (κ2) is 8.92. The van der Waals surface area contributed by atoms with E-state index in [9.17, 15) is 0 Å². The Bertz CT molecular complexity index is 799. The number of benzene rings is 2. The first-order valence-corrected chi connectivity index (χ1v) is 8.52. The average Bonchev–Trinajstić information content (AvgIpc) is 2.67. The molecule has 0 unspecified atom stereocenters. The van der Waals surface area contributed by atoms with E-state index in [1.165, 1.54) is 0 Å². The van der Waals surface area contributed by atoms with Crippen molar-refractivity contribution in [1.29, 1.82) is 0 Å². The molecule has 4 heteroatoms. The van der Waals surface area contributed by atoms with E-state index in [-0.39, 0.29) is 0 Å². The SMILES string of the molecule is COc1c[c]ccc1OCCCCCOc1cccc2cccnc12. The number of aromatic nitrogens is 1. The van der Waals surface area contributed by atoms with Gasteiger partial charge in [-0.15, -0.1) is 0 Å². The number of methoxy groups -OCH3 is 1. The number of fused-ring (bicyclic) bond motifs is 1. The van der Waals surface area contributed by atoms with Crippen molar-refractivity contribution in [2.45, 2.75) is 19.3 Å². The van der Waals surface area contributed by atoms with Crippen LogP contribution in [0.3, 0.4) is 0 Å². The van der Waals surface area contributed by atoms with Crippen molar-refractivity contribution in [3.05, 3.63) is 60.8 Å². The zero-order chi connectivity index (χ0) is 17.3. The molecule has 0 amide bonds. The number of hydrogen-bond acceptors (Lipinski definition) is 4. The van der Waals surface area contributed by atoms with Gasteiger partial charge in [0, 0.05) is 11.6 Å². The van der Waals surface area contributed by atoms with Crippen LogP contribution in [0, 0.1) is 6.07 Å². The molecule has 0 aliphatic rings. The van der Waals surface area contributed by atoms with Gasteiger partial charge in [-0.3, -0.25) is 4.98 Å². The highest BCUT2D eigenvalue weighted by atomic mass is 16.5. The Hall–Kier alpha value is -2.75. The summed E-state index contributed by atoms with van der Waals surface area (Å²) in [4.78, 5) is 4.40. The van der Waals surface area contributed by atoms with Crippen molar-refractivity contribution < 1.29 is 14.2 Å². The summed E-state index contributed by atoms with van der Waals surface area (Å²) in [5.74, 6) is 2.33. The summed E-state index contributed by atoms with van der Waals surface area (Å²) in [5, 5.41) is 1.10. The molecule has 129 valence electrons. The van der Waals surface area contributed by atoms with Gasteiger partial charge in [0.2, 0.25) is 0 Å². The Morgan fingerprint density at radius 2 is 1.68 bits per heavy atom. The molecule has 1 heterocycles. The lowest BCUT2D eigenvalue weighted by Crippen LogP contribution is -2.02. The van der Waals surface area contributed by atoms with Crippen LogP contribution in [0.1, 0.15) is 19.3 Å². The first-order valence-electron chi connectivity index (χ1n) is 8.52. The minimum atomic E-state index is 0.663. The third-order valence-electron chi connectivity index (χ3n) is 3.91. The summed E-state index contributed by atoms with van der Waals surface area (Å²) in [5.41, 5.74) is 0.918. The maximum atomic E-state index is 5.89. The molecule has 3 rings (SSSR count). The molecule has 0 aliphatic carbocycles. The van der Waals surface area contributed by atoms with Gasteiger partial charge in [-0.2, -0.15) is 0 Å². The summed E-state index contributed by atoms with van der Waals surface area (Å²) in [6.45, 7) is 1.34. The van der Waals surface area contributed by atoms with Crippen LogP contribution < -0.4 is 14.2 Å². The molecule has 4 nitrogen and oxygen atoms in total. The summed E-state index contributed by atoms with van der Waals surface area (Å²) in [6.07, 6.45) is 4.78. The first kappa shape index (κ1) is 17.1. The van der Waals surface area contributed by atoms with Crippen LogP contribution >= 0.6 is 0 Å². The van der Waals surface area contributed by atoms with Gasteiger partial charge in [0.1, 0.15) is 11.3 Å². The molecule has 0 saturated carbocycles. The van der Waals surface area contributed by atoms with Crippen molar-refractivity contribution >= 4 is 10.9 Å². The Balaban J connectivity index is 1.38. The zero-order valence-electron chi connectivity index (χ0n) is 14.4. The van der Waals surface area contributed by atoms with Gasteiger partial charge in [0.05, 0.1) is 20.3 Å². The van der Waals surface area contributed by atoms with Crippen LogP contribution in [0.4, 0.5) is 0 Å². The number of rotatable bonds is 9. The predicted octanol–water partition coefficient (Wildman–Crippen LogP) is 4.67. The minimum Gasteiger partial charge on any atom is -0.493 e. The largest absolute Gasteiger partial charge is 0.493 e. The number of para-hydroxylation sites is 1. The second-order valence-electron chi connectivity index (χ2n) is 5.67. The highest BCUT2D eigenvalue weighted by molar-refractivity contribution is 5.84. The Morgan fingerprint density at radius 1 is 0.880 bits per heavy atom. The highest BCUT2D eigenvalue weighted by Crippen LogP contribution is 2.26. The fraction of sp³-hybridized carbons (Fsp3) is 0.286. The van der Waals surface area contributed by atoms with Crippen molar-refractivity contribution in [2.75, 3.05) is 20.3 Å². The Morgan fingerprint density at radius 3 is 2.52 bits per heavy atom. The standard InChI is InChI=1S/C21H22NO3/c1-23-18-11-3-4-12-19(18)24-15-5-2-6-16-25-20-13-7-9-17-10-8-14-22-21(17)20/h4,7-14H,2,5-6,15-16H2,1H3. The van der Waals surface area contributed by atoms with E-state index >= 15 is 0 Å². The predicted molar refractivity (Wildman–Crippen MR) is 98.4 cm³/mol. The number of hydrogen-bond donors (Lipinski definition) is 0. The van der Waals surface area contributed by atoms with Crippen LogP contribution in [0.2, 0.25) is 0 Å². The van der Waals surface area contributed by atoms with Gasteiger partial charge in [0.25, 0.3) is 0 Å². The maximum absolute atomic E-state index is 5.89. The van der Waals surface area contributed by atoms with E-state index in [0.717, 1.165) is 41.7 Å². The molecular weight excluding hydrogens is 314 g/mol. The van der Waals surface area contributed by atoms with Crippen LogP contribution in [0.15, 0.2) is 54.7 Å². The van der Waals surface area contributed by atoms with Crippen LogP contribution in [-0.4, -0.2) is 25.3 Å². The van der Waals surface area contributed by atoms with E-state index in [4.69, 9.17) is 14.2 Å². The van der Waals surface area contributed by atoms with Crippen molar-refractivity contribution in [2.24, 2.45) is 0 Å². The number of ether oxygens (including phenoxy) is 3. The van der Waals surface area contributed by atoms with Gasteiger partial charge < -0.3 is 14.2 Å². The average molecular weight is 336 g/mol. The molecule has 0 spiro atoms. The number of nitrogens with zero attached hydrogens (tertiary/aromatic N) is 1. The molecule has 0 saturated heterocycles. The molecule has 1 radical (unpaired) electrons. The molecule has 0 aliphatic heterocycles. The fourth-order valence-electron chi connectivity index (χ4n) is 2.62. The molecule has 0 fully saturated rings. The third-order valence-corrected chi connectivity index (χ3v) is 3.91. The molecule has 3 aromatic rings. The Labute approximate surface area is 148 Å². The van der Waals surface area contributed by atoms with Gasteiger partial charge in [-0.1, -0.05) is 24.3 Å². The van der Waals surface area contributed by atoms with E-state index in [0.29, 0.717) is 19.0 Å². The Kier molecular flexibility index (Phi) is 6.10. The zero-order valence-corrected chi connectivity index (χ0v) is 14.4. The van der Waals surface area contributed by atoms with Gasteiger partial charge >= 0.3 is 0 Å². The summed E-state index contributed by atoms with van der Waals surface area (Å²) < 4.78 is 16.9. The van der Waals surface area contributed by atoms with Crippen molar-refractivity contribution in [3.8, 4) is 17.2 Å². The lowest BCUT2D eigenvalue weighted by atomic mass is 10.2. The number of pyridine rings is 1. The van der Waals surface area contributed by atoms with Crippen LogP contribution in [0.25, 0.3) is 10.9 Å². The van der Waals surface area contributed by atoms with Crippen molar-refractivity contribution in [3.63, 3.8) is 0 Å². The van der Waals surface area contributed by atoms with E-state index in [1.807, 2.05) is 42.5 Å². The van der Waals surface area contributed by atoms with Gasteiger partial charge in [-0.05, 0) is 49.6 Å². The lowest BCUT2D eigenvalue weighted by Gasteiger charge is -2.10. The molecule has 0 atom stereocenters. The summed E-state index contributed by atoms with van der Waals surface area (Å²) in [7, 11) is 1.63. The van der Waals surface area contributed by atoms with Gasteiger partial charge in [0.15, 0.2) is 11.5 Å². The van der Waals surface area contributed by atoms with E-state index in [1.54, 1.807) is 19.4 Å². The second-order valence-corrected chi connectivity index (χ2v) is 5.67. The molecule has 0 bridgehead atoms.